The van der Waals surface area contributed by atoms with Gasteiger partial charge in [-0.1, -0.05) is 30.3 Å². The molecule has 0 spiro atoms. The number of carbonyl (C=O) groups is 1. The first-order chi connectivity index (χ1) is 12.8. The molecule has 5 nitrogen and oxygen atoms in total. The van der Waals surface area contributed by atoms with Crippen molar-refractivity contribution in [2.24, 2.45) is 0 Å². The van der Waals surface area contributed by atoms with E-state index < -0.39 is 0 Å². The second-order valence-corrected chi connectivity index (χ2v) is 6.00. The standard InChI is InChI=1S/C21H18N4O/c26-21(19-6-1-4-17-5-2-12-22-20(17)19)23-14-11-16-7-9-18(10-8-16)25-15-3-13-24-25/h1-10,12-13,15H,11,14H2,(H,23,26). The molecule has 128 valence electrons. The molecule has 5 heteroatoms. The quantitative estimate of drug-likeness (QED) is 0.605. The van der Waals surface area contributed by atoms with Crippen molar-refractivity contribution in [1.82, 2.24) is 20.1 Å². The Labute approximate surface area is 151 Å². The summed E-state index contributed by atoms with van der Waals surface area (Å²) in [6, 6.07) is 19.5. The van der Waals surface area contributed by atoms with E-state index in [-0.39, 0.29) is 5.91 Å². The highest BCUT2D eigenvalue weighted by Crippen LogP contribution is 2.15. The van der Waals surface area contributed by atoms with E-state index in [1.54, 1.807) is 12.4 Å². The van der Waals surface area contributed by atoms with Gasteiger partial charge in [-0.25, -0.2) is 4.68 Å². The number of nitrogens with one attached hydrogen (secondary N) is 1. The molecular formula is C21H18N4O. The summed E-state index contributed by atoms with van der Waals surface area (Å²) in [6.07, 6.45) is 6.14. The number of rotatable bonds is 5. The molecule has 1 amide bonds. The first-order valence-electron chi connectivity index (χ1n) is 8.52. The minimum atomic E-state index is -0.0949. The predicted molar refractivity (Wildman–Crippen MR) is 101 cm³/mol. The Morgan fingerprint density at radius 1 is 0.962 bits per heavy atom. The second-order valence-electron chi connectivity index (χ2n) is 6.00. The van der Waals surface area contributed by atoms with Crippen LogP contribution in [0.5, 0.6) is 0 Å². The summed E-state index contributed by atoms with van der Waals surface area (Å²) in [5, 5.41) is 8.17. The third-order valence-corrected chi connectivity index (χ3v) is 4.28. The minimum absolute atomic E-state index is 0.0949. The average Bonchev–Trinajstić information content (AvgIpc) is 3.23. The molecule has 2 aromatic carbocycles. The number of hydrogen-bond acceptors (Lipinski definition) is 3. The lowest BCUT2D eigenvalue weighted by atomic mass is 10.1. The van der Waals surface area contributed by atoms with Crippen LogP contribution in [0.4, 0.5) is 0 Å². The number of amides is 1. The van der Waals surface area contributed by atoms with Gasteiger partial charge in [0.25, 0.3) is 5.91 Å². The molecule has 0 unspecified atom stereocenters. The maximum absolute atomic E-state index is 12.5. The Bertz CT molecular complexity index is 1020. The molecule has 0 aliphatic rings. The molecule has 0 aliphatic heterocycles. The van der Waals surface area contributed by atoms with Crippen LogP contribution in [-0.4, -0.2) is 27.2 Å². The smallest absolute Gasteiger partial charge is 0.253 e. The van der Waals surface area contributed by atoms with Crippen molar-refractivity contribution in [3.05, 3.63) is 90.4 Å². The lowest BCUT2D eigenvalue weighted by Gasteiger charge is -2.08. The third kappa shape index (κ3) is 3.32. The van der Waals surface area contributed by atoms with Crippen molar-refractivity contribution in [3.63, 3.8) is 0 Å². The van der Waals surface area contributed by atoms with Crippen LogP contribution in [0.15, 0.2) is 79.3 Å². The third-order valence-electron chi connectivity index (χ3n) is 4.28. The Kier molecular flexibility index (Phi) is 4.43. The topological polar surface area (TPSA) is 59.8 Å². The van der Waals surface area contributed by atoms with Gasteiger partial charge in [-0.05, 0) is 42.3 Å². The molecule has 4 rings (SSSR count). The number of nitrogens with zero attached hydrogens (tertiary/aromatic N) is 3. The number of carbonyl (C=O) groups excluding carboxylic acids is 1. The molecular weight excluding hydrogens is 324 g/mol. The van der Waals surface area contributed by atoms with Crippen LogP contribution in [0.2, 0.25) is 0 Å². The molecule has 0 aliphatic carbocycles. The predicted octanol–water partition coefficient (Wildman–Crippen LogP) is 3.39. The van der Waals surface area contributed by atoms with Gasteiger partial charge in [0, 0.05) is 30.5 Å². The maximum atomic E-state index is 12.5. The van der Waals surface area contributed by atoms with E-state index in [0.29, 0.717) is 12.1 Å². The number of pyridine rings is 1. The summed E-state index contributed by atoms with van der Waals surface area (Å²) in [6.45, 7) is 0.573. The molecule has 0 fully saturated rings. The number of hydrogen-bond donors (Lipinski definition) is 1. The summed E-state index contributed by atoms with van der Waals surface area (Å²) in [7, 11) is 0. The first-order valence-corrected chi connectivity index (χ1v) is 8.52. The average molecular weight is 342 g/mol. The van der Waals surface area contributed by atoms with E-state index in [9.17, 15) is 4.79 Å². The highest BCUT2D eigenvalue weighted by Gasteiger charge is 2.10. The largest absolute Gasteiger partial charge is 0.352 e. The van der Waals surface area contributed by atoms with Crippen molar-refractivity contribution in [1.29, 1.82) is 0 Å². The normalized spacial score (nSPS) is 10.8. The van der Waals surface area contributed by atoms with Crippen molar-refractivity contribution in [3.8, 4) is 5.69 Å². The van der Waals surface area contributed by atoms with Crippen LogP contribution in [-0.2, 0) is 6.42 Å². The molecule has 2 aromatic heterocycles. The van der Waals surface area contributed by atoms with Crippen LogP contribution >= 0.6 is 0 Å². The molecule has 1 N–H and O–H groups in total. The highest BCUT2D eigenvalue weighted by atomic mass is 16.1. The maximum Gasteiger partial charge on any atom is 0.253 e. The van der Waals surface area contributed by atoms with Gasteiger partial charge >= 0.3 is 0 Å². The lowest BCUT2D eigenvalue weighted by molar-refractivity contribution is 0.0955. The Morgan fingerprint density at radius 2 is 1.81 bits per heavy atom. The summed E-state index contributed by atoms with van der Waals surface area (Å²) < 4.78 is 1.82. The van der Waals surface area contributed by atoms with Gasteiger partial charge in [0.15, 0.2) is 0 Å². The fraction of sp³-hybridized carbons (Fsp3) is 0.0952. The zero-order valence-electron chi connectivity index (χ0n) is 14.2. The number of fused-ring (bicyclic) bond motifs is 1. The molecule has 0 saturated heterocycles. The van der Waals surface area contributed by atoms with Crippen molar-refractivity contribution >= 4 is 16.8 Å². The minimum Gasteiger partial charge on any atom is -0.352 e. The van der Waals surface area contributed by atoms with Crippen LogP contribution in [0.3, 0.4) is 0 Å². The zero-order valence-corrected chi connectivity index (χ0v) is 14.2. The molecule has 26 heavy (non-hydrogen) atoms. The number of benzene rings is 2. The van der Waals surface area contributed by atoms with E-state index in [1.807, 2.05) is 59.4 Å². The molecule has 4 aromatic rings. The van der Waals surface area contributed by atoms with Gasteiger partial charge in [0.05, 0.1) is 16.8 Å². The summed E-state index contributed by atoms with van der Waals surface area (Å²) in [5.41, 5.74) is 3.52. The van der Waals surface area contributed by atoms with Gasteiger partial charge < -0.3 is 5.32 Å². The Morgan fingerprint density at radius 3 is 2.62 bits per heavy atom. The van der Waals surface area contributed by atoms with E-state index in [2.05, 4.69) is 27.5 Å². The fourth-order valence-corrected chi connectivity index (χ4v) is 2.94. The molecule has 0 bridgehead atoms. The summed E-state index contributed by atoms with van der Waals surface area (Å²) in [4.78, 5) is 16.8. The van der Waals surface area contributed by atoms with Crippen molar-refractivity contribution in [2.75, 3.05) is 6.54 Å². The van der Waals surface area contributed by atoms with Gasteiger partial charge in [-0.3, -0.25) is 9.78 Å². The van der Waals surface area contributed by atoms with E-state index in [4.69, 9.17) is 0 Å². The molecule has 0 radical (unpaired) electrons. The lowest BCUT2D eigenvalue weighted by Crippen LogP contribution is -2.26. The monoisotopic (exact) mass is 342 g/mol. The van der Waals surface area contributed by atoms with Crippen molar-refractivity contribution in [2.45, 2.75) is 6.42 Å². The van der Waals surface area contributed by atoms with Crippen LogP contribution < -0.4 is 5.32 Å². The van der Waals surface area contributed by atoms with Crippen LogP contribution in [0, 0.1) is 0 Å². The first kappa shape index (κ1) is 16.0. The number of aromatic nitrogens is 3. The van der Waals surface area contributed by atoms with E-state index in [1.165, 1.54) is 0 Å². The fourth-order valence-electron chi connectivity index (χ4n) is 2.94. The molecule has 0 saturated carbocycles. The second kappa shape index (κ2) is 7.19. The molecule has 2 heterocycles. The van der Waals surface area contributed by atoms with Crippen molar-refractivity contribution < 1.29 is 4.79 Å². The Hall–Kier alpha value is -3.47. The number of para-hydroxylation sites is 1. The van der Waals surface area contributed by atoms with Crippen LogP contribution in [0.25, 0.3) is 16.6 Å². The van der Waals surface area contributed by atoms with Gasteiger partial charge in [-0.15, -0.1) is 0 Å². The summed E-state index contributed by atoms with van der Waals surface area (Å²) in [5.74, 6) is -0.0949. The zero-order chi connectivity index (χ0) is 17.8. The highest BCUT2D eigenvalue weighted by molar-refractivity contribution is 6.05. The van der Waals surface area contributed by atoms with Gasteiger partial charge in [-0.2, -0.15) is 5.10 Å². The van der Waals surface area contributed by atoms with E-state index in [0.717, 1.165) is 28.6 Å². The van der Waals surface area contributed by atoms with E-state index >= 15 is 0 Å². The SMILES string of the molecule is O=C(NCCc1ccc(-n2cccn2)cc1)c1cccc2cccnc12. The molecule has 0 atom stereocenters. The van der Waals surface area contributed by atoms with Crippen LogP contribution in [0.1, 0.15) is 15.9 Å². The Balaban J connectivity index is 1.39. The summed E-state index contributed by atoms with van der Waals surface area (Å²) >= 11 is 0. The van der Waals surface area contributed by atoms with Gasteiger partial charge in [0.2, 0.25) is 0 Å². The van der Waals surface area contributed by atoms with Gasteiger partial charge in [0.1, 0.15) is 0 Å².